The number of carbonyl (C=O) groups is 1. The molecule has 0 aliphatic heterocycles. The largest absolute Gasteiger partial charge is 0.506 e. The van der Waals surface area contributed by atoms with Gasteiger partial charge in [-0.2, -0.15) is 13.2 Å². The van der Waals surface area contributed by atoms with E-state index in [2.05, 4.69) is 4.98 Å². The average Bonchev–Trinajstić information content (AvgIpc) is 3.06. The highest BCUT2D eigenvalue weighted by Crippen LogP contribution is 2.36. The lowest BCUT2D eigenvalue weighted by molar-refractivity contribution is -0.137. The Morgan fingerprint density at radius 2 is 1.90 bits per heavy atom. The number of hydrogen-bond acceptors (Lipinski definition) is 4. The highest BCUT2D eigenvalue weighted by Gasteiger charge is 2.30. The molecule has 0 saturated carbocycles. The molecule has 0 aliphatic carbocycles. The summed E-state index contributed by atoms with van der Waals surface area (Å²) in [5.41, 5.74) is 0.611. The summed E-state index contributed by atoms with van der Waals surface area (Å²) < 4.78 is 38.8. The molecule has 9 heteroatoms. The molecule has 0 radical (unpaired) electrons. The van der Waals surface area contributed by atoms with Gasteiger partial charge in [-0.15, -0.1) is 11.3 Å². The summed E-state index contributed by atoms with van der Waals surface area (Å²) in [6.45, 7) is 1.64. The fraction of sp³-hybridized carbons (Fsp3) is 0.200. The van der Waals surface area contributed by atoms with Crippen LogP contribution in [-0.2, 0) is 12.6 Å². The maximum absolute atomic E-state index is 12.9. The van der Waals surface area contributed by atoms with Crippen molar-refractivity contribution in [2.45, 2.75) is 25.9 Å². The monoisotopic (exact) mass is 459 g/mol. The Morgan fingerprint density at radius 1 is 1.17 bits per heavy atom. The van der Waals surface area contributed by atoms with Crippen LogP contribution in [-0.4, -0.2) is 15.9 Å². The van der Waals surface area contributed by atoms with Gasteiger partial charge in [0, 0.05) is 12.0 Å². The zero-order valence-electron chi connectivity index (χ0n) is 15.0. The third-order valence-corrected chi connectivity index (χ3v) is 6.41. The van der Waals surface area contributed by atoms with Gasteiger partial charge >= 0.3 is 6.18 Å². The van der Waals surface area contributed by atoms with Crippen molar-refractivity contribution in [1.29, 1.82) is 0 Å². The molecule has 1 aromatic heterocycles. The lowest BCUT2D eigenvalue weighted by Crippen LogP contribution is -2.04. The number of phenols is 1. The molecule has 0 aliphatic rings. The average molecular weight is 460 g/mol. The maximum Gasteiger partial charge on any atom is 0.416 e. The van der Waals surface area contributed by atoms with E-state index < -0.39 is 11.7 Å². The number of Topliss-reactive ketones (excluding diaryl/α,β-unsaturated/α-hetero) is 1. The maximum atomic E-state index is 12.9. The molecular weight excluding hydrogens is 446 g/mol. The van der Waals surface area contributed by atoms with Crippen molar-refractivity contribution in [1.82, 2.24) is 4.98 Å². The summed E-state index contributed by atoms with van der Waals surface area (Å²) in [4.78, 5) is 17.3. The topological polar surface area (TPSA) is 50.2 Å². The fourth-order valence-corrected chi connectivity index (χ4v) is 4.21. The molecule has 0 fully saturated rings. The zero-order valence-corrected chi connectivity index (χ0v) is 17.3. The number of phenolic OH excluding ortho intramolecular Hbond substituents is 1. The van der Waals surface area contributed by atoms with Crippen molar-refractivity contribution >= 4 is 40.3 Å². The van der Waals surface area contributed by atoms with Crippen LogP contribution in [0.1, 0.15) is 32.9 Å². The van der Waals surface area contributed by atoms with E-state index in [1.54, 1.807) is 13.0 Å². The van der Waals surface area contributed by atoms with Crippen LogP contribution in [0, 0.1) is 6.92 Å². The lowest BCUT2D eigenvalue weighted by Gasteiger charge is -2.07. The van der Waals surface area contributed by atoms with Crippen molar-refractivity contribution < 1.29 is 23.1 Å². The van der Waals surface area contributed by atoms with E-state index >= 15 is 0 Å². The molecule has 3 rings (SSSR count). The molecule has 0 amide bonds. The number of alkyl halides is 3. The Kier molecular flexibility index (Phi) is 6.22. The zero-order chi connectivity index (χ0) is 21.3. The van der Waals surface area contributed by atoms with Crippen molar-refractivity contribution in [3.63, 3.8) is 0 Å². The molecule has 0 saturated heterocycles. The number of halogens is 5. The number of nitrogens with zero attached hydrogens (tertiary/aromatic N) is 1. The van der Waals surface area contributed by atoms with Gasteiger partial charge in [-0.3, -0.25) is 4.79 Å². The Morgan fingerprint density at radius 3 is 2.59 bits per heavy atom. The quantitative estimate of drug-likeness (QED) is 0.419. The number of benzene rings is 2. The summed E-state index contributed by atoms with van der Waals surface area (Å²) in [6.07, 6.45) is -4.04. The van der Waals surface area contributed by atoms with Gasteiger partial charge in [0.25, 0.3) is 0 Å². The molecule has 29 heavy (non-hydrogen) atoms. The highest BCUT2D eigenvalue weighted by atomic mass is 35.5. The molecule has 1 N–H and O–H groups in total. The molecular formula is C20H14Cl2F3NO2S. The second-order valence-electron chi connectivity index (χ2n) is 6.31. The number of aromatic hydroxyl groups is 1. The summed E-state index contributed by atoms with van der Waals surface area (Å²) in [5, 5.41) is 10.1. The minimum absolute atomic E-state index is 0.0254. The van der Waals surface area contributed by atoms with Crippen LogP contribution in [0.2, 0.25) is 10.0 Å². The Hall–Kier alpha value is -2.09. The van der Waals surface area contributed by atoms with Crippen molar-refractivity contribution in [2.75, 3.05) is 0 Å². The van der Waals surface area contributed by atoms with Gasteiger partial charge in [0.15, 0.2) is 5.78 Å². The summed E-state index contributed by atoms with van der Waals surface area (Å²) in [5.74, 6) is -0.339. The van der Waals surface area contributed by atoms with Gasteiger partial charge in [0.1, 0.15) is 15.8 Å². The SMILES string of the molecule is Cc1nc(-c2cccc(C(F)(F)F)c2)sc1C(=O)CCc1ccc(O)c(Cl)c1Cl. The van der Waals surface area contributed by atoms with Gasteiger partial charge in [0.05, 0.1) is 21.2 Å². The molecule has 3 nitrogen and oxygen atoms in total. The number of carbonyl (C=O) groups excluding carboxylic acids is 1. The Bertz CT molecular complexity index is 1080. The van der Waals surface area contributed by atoms with Crippen LogP contribution in [0.5, 0.6) is 5.75 Å². The van der Waals surface area contributed by atoms with E-state index in [1.807, 2.05) is 0 Å². The first-order valence-corrected chi connectivity index (χ1v) is 9.99. The van der Waals surface area contributed by atoms with Gasteiger partial charge in [-0.1, -0.05) is 41.4 Å². The number of ketones is 1. The van der Waals surface area contributed by atoms with Gasteiger partial charge < -0.3 is 5.11 Å². The third-order valence-electron chi connectivity index (χ3n) is 4.25. The molecule has 1 heterocycles. The highest BCUT2D eigenvalue weighted by molar-refractivity contribution is 7.17. The summed E-state index contributed by atoms with van der Waals surface area (Å²) >= 11 is 13.0. The van der Waals surface area contributed by atoms with Crippen LogP contribution >= 0.6 is 34.5 Å². The smallest absolute Gasteiger partial charge is 0.416 e. The molecule has 152 valence electrons. The van der Waals surface area contributed by atoms with Crippen molar-refractivity contribution in [3.8, 4) is 16.3 Å². The van der Waals surface area contributed by atoms with E-state index in [9.17, 15) is 23.1 Å². The van der Waals surface area contributed by atoms with E-state index in [4.69, 9.17) is 23.2 Å². The van der Waals surface area contributed by atoms with Gasteiger partial charge in [0.2, 0.25) is 0 Å². The number of aromatic nitrogens is 1. The molecule has 0 bridgehead atoms. The van der Waals surface area contributed by atoms with E-state index in [-0.39, 0.29) is 28.0 Å². The number of aryl methyl sites for hydroxylation is 2. The summed E-state index contributed by atoms with van der Waals surface area (Å²) in [7, 11) is 0. The molecule has 0 unspecified atom stereocenters. The van der Waals surface area contributed by atoms with Crippen LogP contribution < -0.4 is 0 Å². The van der Waals surface area contributed by atoms with Crippen LogP contribution in [0.15, 0.2) is 36.4 Å². The van der Waals surface area contributed by atoms with Gasteiger partial charge in [-0.05, 0) is 37.1 Å². The van der Waals surface area contributed by atoms with Crippen LogP contribution in [0.4, 0.5) is 13.2 Å². The number of rotatable bonds is 5. The molecule has 0 spiro atoms. The minimum atomic E-state index is -4.45. The van der Waals surface area contributed by atoms with E-state index in [1.165, 1.54) is 18.2 Å². The van der Waals surface area contributed by atoms with Crippen LogP contribution in [0.3, 0.4) is 0 Å². The Balaban J connectivity index is 1.80. The van der Waals surface area contributed by atoms with Gasteiger partial charge in [-0.25, -0.2) is 4.98 Å². The van der Waals surface area contributed by atoms with E-state index in [0.29, 0.717) is 33.1 Å². The first-order valence-electron chi connectivity index (χ1n) is 8.42. The molecule has 3 aromatic rings. The van der Waals surface area contributed by atoms with Crippen molar-refractivity contribution in [3.05, 3.63) is 68.1 Å². The second kappa shape index (κ2) is 8.34. The standard InChI is InChI=1S/C20H14Cl2F3NO2S/c1-10-18(15(28)8-6-11-5-7-14(27)17(22)16(11)21)29-19(26-10)12-3-2-4-13(9-12)20(23,24)25/h2-5,7,9,27H,6,8H2,1H3. The third kappa shape index (κ3) is 4.74. The normalized spacial score (nSPS) is 11.7. The predicted molar refractivity (Wildman–Crippen MR) is 108 cm³/mol. The number of hydrogen-bond donors (Lipinski definition) is 1. The predicted octanol–water partition coefficient (Wildman–Crippen LogP) is 6.97. The molecule has 2 aromatic carbocycles. The first-order chi connectivity index (χ1) is 13.6. The Labute approximate surface area is 178 Å². The lowest BCUT2D eigenvalue weighted by atomic mass is 10.1. The van der Waals surface area contributed by atoms with E-state index in [0.717, 1.165) is 23.5 Å². The molecule has 0 atom stereocenters. The first kappa shape index (κ1) is 21.6. The minimum Gasteiger partial charge on any atom is -0.506 e. The van der Waals surface area contributed by atoms with Crippen molar-refractivity contribution in [2.24, 2.45) is 0 Å². The van der Waals surface area contributed by atoms with Crippen LogP contribution in [0.25, 0.3) is 10.6 Å². The second-order valence-corrected chi connectivity index (χ2v) is 8.06. The number of thiazole rings is 1. The fourth-order valence-electron chi connectivity index (χ4n) is 2.74. The summed E-state index contributed by atoms with van der Waals surface area (Å²) in [6, 6.07) is 7.84.